The summed E-state index contributed by atoms with van der Waals surface area (Å²) in [6.07, 6.45) is 7.45. The van der Waals surface area contributed by atoms with Crippen LogP contribution >= 0.6 is 0 Å². The van der Waals surface area contributed by atoms with Crippen LogP contribution in [-0.4, -0.2) is 61.3 Å². The molecule has 0 spiro atoms. The molecule has 1 saturated heterocycles. The quantitative estimate of drug-likeness (QED) is 0.703. The zero-order chi connectivity index (χ0) is 19.2. The van der Waals surface area contributed by atoms with Gasteiger partial charge in [0.05, 0.1) is 20.3 Å². The predicted octanol–water partition coefficient (Wildman–Crippen LogP) is 2.91. The lowest BCUT2D eigenvalue weighted by Crippen LogP contribution is -2.41. The second kappa shape index (κ2) is 9.50. The maximum atomic E-state index is 5.75. The van der Waals surface area contributed by atoms with Crippen molar-refractivity contribution in [1.29, 1.82) is 0 Å². The topological polar surface area (TPSA) is 37.8 Å². The number of hydrogen-bond acceptors (Lipinski definition) is 5. The van der Waals surface area contributed by atoms with E-state index in [1.165, 1.54) is 41.5 Å². The average molecular weight is 382 g/mol. The van der Waals surface area contributed by atoms with E-state index in [1.54, 1.807) is 7.11 Å². The van der Waals surface area contributed by atoms with Gasteiger partial charge in [0.2, 0.25) is 0 Å². The standard InChI is InChI=1S/C23H31N3O2/c1-27-23-15-21-6-2-5-20(21)14-22(23)18-26(17-19-4-3-7-24-16-19)9-8-25-10-12-28-13-11-25/h3-4,7,14-16H,2,5-6,8-13,17-18H2,1H3. The number of aryl methyl sites for hydroxylation is 2. The second-order valence-electron chi connectivity index (χ2n) is 7.81. The van der Waals surface area contributed by atoms with Crippen molar-refractivity contribution in [3.8, 4) is 5.75 Å². The molecular formula is C23H31N3O2. The summed E-state index contributed by atoms with van der Waals surface area (Å²) in [6, 6.07) is 8.83. The molecule has 2 heterocycles. The van der Waals surface area contributed by atoms with Crippen LogP contribution in [0.15, 0.2) is 36.7 Å². The molecule has 0 saturated carbocycles. The molecule has 2 aliphatic rings. The number of benzene rings is 1. The summed E-state index contributed by atoms with van der Waals surface area (Å²) >= 11 is 0. The highest BCUT2D eigenvalue weighted by atomic mass is 16.5. The Kier molecular flexibility index (Phi) is 6.57. The van der Waals surface area contributed by atoms with Crippen molar-refractivity contribution in [2.24, 2.45) is 0 Å². The maximum absolute atomic E-state index is 5.75. The summed E-state index contributed by atoms with van der Waals surface area (Å²) in [6.45, 7) is 7.65. The van der Waals surface area contributed by atoms with Gasteiger partial charge in [-0.3, -0.25) is 14.8 Å². The summed E-state index contributed by atoms with van der Waals surface area (Å²) in [5.74, 6) is 1.03. The third-order valence-electron chi connectivity index (χ3n) is 5.85. The monoisotopic (exact) mass is 381 g/mol. The first-order valence-corrected chi connectivity index (χ1v) is 10.4. The fourth-order valence-electron chi connectivity index (χ4n) is 4.28. The molecule has 1 fully saturated rings. The molecule has 0 bridgehead atoms. The van der Waals surface area contributed by atoms with Crippen molar-refractivity contribution >= 4 is 0 Å². The van der Waals surface area contributed by atoms with Crippen LogP contribution in [0.2, 0.25) is 0 Å². The summed E-state index contributed by atoms with van der Waals surface area (Å²) in [4.78, 5) is 9.32. The Morgan fingerprint density at radius 2 is 1.96 bits per heavy atom. The van der Waals surface area contributed by atoms with E-state index in [-0.39, 0.29) is 0 Å². The van der Waals surface area contributed by atoms with Crippen molar-refractivity contribution in [2.45, 2.75) is 32.4 Å². The Bertz CT molecular complexity index is 760. The normalized spacial score (nSPS) is 17.1. The first-order valence-electron chi connectivity index (χ1n) is 10.4. The van der Waals surface area contributed by atoms with Gasteiger partial charge in [-0.15, -0.1) is 0 Å². The molecule has 0 amide bonds. The van der Waals surface area contributed by atoms with Gasteiger partial charge in [0.1, 0.15) is 5.75 Å². The zero-order valence-electron chi connectivity index (χ0n) is 16.9. The first-order chi connectivity index (χ1) is 13.8. The summed E-state index contributed by atoms with van der Waals surface area (Å²) < 4.78 is 11.2. The first kappa shape index (κ1) is 19.4. The van der Waals surface area contributed by atoms with Crippen LogP contribution in [0.5, 0.6) is 5.75 Å². The predicted molar refractivity (Wildman–Crippen MR) is 111 cm³/mol. The van der Waals surface area contributed by atoms with E-state index in [4.69, 9.17) is 9.47 Å². The van der Waals surface area contributed by atoms with Crippen LogP contribution in [0.4, 0.5) is 0 Å². The molecule has 0 atom stereocenters. The minimum absolute atomic E-state index is 0.848. The Labute approximate surface area is 168 Å². The third kappa shape index (κ3) is 4.90. The van der Waals surface area contributed by atoms with Crippen molar-refractivity contribution < 1.29 is 9.47 Å². The molecule has 0 N–H and O–H groups in total. The van der Waals surface area contributed by atoms with Gasteiger partial charge in [0, 0.05) is 57.2 Å². The van der Waals surface area contributed by atoms with E-state index in [1.807, 2.05) is 18.5 Å². The van der Waals surface area contributed by atoms with Gasteiger partial charge in [0.25, 0.3) is 0 Å². The number of nitrogens with zero attached hydrogens (tertiary/aromatic N) is 3. The highest BCUT2D eigenvalue weighted by Crippen LogP contribution is 2.31. The summed E-state index contributed by atoms with van der Waals surface area (Å²) in [5.41, 5.74) is 5.52. The highest BCUT2D eigenvalue weighted by Gasteiger charge is 2.18. The summed E-state index contributed by atoms with van der Waals surface area (Å²) in [7, 11) is 1.79. The molecule has 150 valence electrons. The smallest absolute Gasteiger partial charge is 0.123 e. The number of pyridine rings is 1. The van der Waals surface area contributed by atoms with Gasteiger partial charge < -0.3 is 9.47 Å². The number of morpholine rings is 1. The molecule has 0 unspecified atom stereocenters. The van der Waals surface area contributed by atoms with Crippen LogP contribution in [0.3, 0.4) is 0 Å². The van der Waals surface area contributed by atoms with Crippen LogP contribution in [0.1, 0.15) is 28.7 Å². The number of rotatable bonds is 8. The lowest BCUT2D eigenvalue weighted by molar-refractivity contribution is 0.0324. The highest BCUT2D eigenvalue weighted by molar-refractivity contribution is 5.44. The van der Waals surface area contributed by atoms with Crippen molar-refractivity contribution in [3.05, 3.63) is 58.9 Å². The van der Waals surface area contributed by atoms with Crippen LogP contribution < -0.4 is 4.74 Å². The molecule has 5 heteroatoms. The molecule has 1 aromatic heterocycles. The number of hydrogen-bond donors (Lipinski definition) is 0. The van der Waals surface area contributed by atoms with Crippen LogP contribution in [0.25, 0.3) is 0 Å². The molecule has 5 nitrogen and oxygen atoms in total. The number of fused-ring (bicyclic) bond motifs is 1. The molecule has 1 aromatic carbocycles. The lowest BCUT2D eigenvalue weighted by atomic mass is 10.0. The van der Waals surface area contributed by atoms with Gasteiger partial charge in [-0.05, 0) is 48.1 Å². The maximum Gasteiger partial charge on any atom is 0.123 e. The molecule has 1 aliphatic heterocycles. The largest absolute Gasteiger partial charge is 0.496 e. The van der Waals surface area contributed by atoms with Crippen LogP contribution in [-0.2, 0) is 30.7 Å². The molecule has 1 aliphatic carbocycles. The van der Waals surface area contributed by atoms with Gasteiger partial charge >= 0.3 is 0 Å². The third-order valence-corrected chi connectivity index (χ3v) is 5.85. The molecule has 4 rings (SSSR count). The Morgan fingerprint density at radius 1 is 1.14 bits per heavy atom. The molecular weight excluding hydrogens is 350 g/mol. The molecule has 0 radical (unpaired) electrons. The van der Waals surface area contributed by atoms with E-state index in [0.29, 0.717) is 0 Å². The Balaban J connectivity index is 1.49. The van der Waals surface area contributed by atoms with Gasteiger partial charge in [0.15, 0.2) is 0 Å². The van der Waals surface area contributed by atoms with Gasteiger partial charge in [-0.25, -0.2) is 0 Å². The SMILES string of the molecule is COc1cc2c(cc1CN(CCN1CCOCC1)Cc1cccnc1)CCC2. The number of aromatic nitrogens is 1. The Hall–Kier alpha value is -1.95. The summed E-state index contributed by atoms with van der Waals surface area (Å²) in [5, 5.41) is 0. The van der Waals surface area contributed by atoms with Crippen LogP contribution in [0, 0.1) is 0 Å². The van der Waals surface area contributed by atoms with Crippen molar-refractivity contribution in [2.75, 3.05) is 46.5 Å². The van der Waals surface area contributed by atoms with E-state index in [9.17, 15) is 0 Å². The van der Waals surface area contributed by atoms with E-state index in [2.05, 4.69) is 33.0 Å². The van der Waals surface area contributed by atoms with Crippen molar-refractivity contribution in [1.82, 2.24) is 14.8 Å². The average Bonchev–Trinajstić information content (AvgIpc) is 3.20. The molecule has 2 aromatic rings. The van der Waals surface area contributed by atoms with E-state index in [0.717, 1.165) is 58.2 Å². The van der Waals surface area contributed by atoms with Crippen molar-refractivity contribution in [3.63, 3.8) is 0 Å². The fourth-order valence-corrected chi connectivity index (χ4v) is 4.28. The number of methoxy groups -OCH3 is 1. The zero-order valence-corrected chi connectivity index (χ0v) is 16.9. The van der Waals surface area contributed by atoms with E-state index >= 15 is 0 Å². The Morgan fingerprint density at radius 3 is 2.71 bits per heavy atom. The lowest BCUT2D eigenvalue weighted by Gasteiger charge is -2.30. The van der Waals surface area contributed by atoms with E-state index < -0.39 is 0 Å². The fraction of sp³-hybridized carbons (Fsp3) is 0.522. The molecule has 28 heavy (non-hydrogen) atoms. The second-order valence-corrected chi connectivity index (χ2v) is 7.81. The minimum atomic E-state index is 0.848. The van der Waals surface area contributed by atoms with Gasteiger partial charge in [-0.1, -0.05) is 12.1 Å². The minimum Gasteiger partial charge on any atom is -0.496 e. The number of ether oxygens (including phenoxy) is 2. The van der Waals surface area contributed by atoms with Gasteiger partial charge in [-0.2, -0.15) is 0 Å².